The SMILES string of the molecule is O=[N+]([O-])c1cccc(Nc2nccc(-c3cccc(CN4CCCC(CCO)C4)c3)n2)c1. The Balaban J connectivity index is 1.47. The molecule has 1 unspecified atom stereocenters. The number of benzene rings is 2. The van der Waals surface area contributed by atoms with E-state index in [-0.39, 0.29) is 12.3 Å². The number of non-ortho nitro benzene ring substituents is 1. The molecule has 4 rings (SSSR count). The van der Waals surface area contributed by atoms with Gasteiger partial charge in [-0.15, -0.1) is 0 Å². The summed E-state index contributed by atoms with van der Waals surface area (Å²) < 4.78 is 0. The molecule has 0 radical (unpaired) electrons. The first-order valence-electron chi connectivity index (χ1n) is 10.9. The van der Waals surface area contributed by atoms with Crippen LogP contribution in [0.15, 0.2) is 60.8 Å². The second-order valence-electron chi connectivity index (χ2n) is 8.15. The topological polar surface area (TPSA) is 104 Å². The number of nitro benzene ring substituents is 1. The lowest BCUT2D eigenvalue weighted by molar-refractivity contribution is -0.384. The summed E-state index contributed by atoms with van der Waals surface area (Å²) in [5, 5.41) is 23.3. The first-order chi connectivity index (χ1) is 15.6. The van der Waals surface area contributed by atoms with Crippen molar-refractivity contribution in [2.75, 3.05) is 25.0 Å². The number of aromatic nitrogens is 2. The fraction of sp³-hybridized carbons (Fsp3) is 0.333. The van der Waals surface area contributed by atoms with E-state index in [1.54, 1.807) is 18.3 Å². The fourth-order valence-corrected chi connectivity index (χ4v) is 4.21. The van der Waals surface area contributed by atoms with E-state index in [4.69, 9.17) is 0 Å². The molecular weight excluding hydrogens is 406 g/mol. The molecule has 32 heavy (non-hydrogen) atoms. The Morgan fingerprint density at radius 2 is 2.06 bits per heavy atom. The van der Waals surface area contributed by atoms with Gasteiger partial charge in [-0.25, -0.2) is 9.97 Å². The predicted molar refractivity (Wildman–Crippen MR) is 124 cm³/mol. The first kappa shape index (κ1) is 21.9. The zero-order valence-electron chi connectivity index (χ0n) is 17.9. The van der Waals surface area contributed by atoms with Crippen LogP contribution in [0.3, 0.4) is 0 Å². The third-order valence-corrected chi connectivity index (χ3v) is 5.74. The molecule has 0 amide bonds. The maximum Gasteiger partial charge on any atom is 0.271 e. The third-order valence-electron chi connectivity index (χ3n) is 5.74. The minimum Gasteiger partial charge on any atom is -0.396 e. The lowest BCUT2D eigenvalue weighted by Gasteiger charge is -2.32. The summed E-state index contributed by atoms with van der Waals surface area (Å²) >= 11 is 0. The molecule has 2 aromatic carbocycles. The molecule has 166 valence electrons. The molecule has 0 saturated carbocycles. The van der Waals surface area contributed by atoms with Crippen LogP contribution in [0.2, 0.25) is 0 Å². The largest absolute Gasteiger partial charge is 0.396 e. The van der Waals surface area contributed by atoms with E-state index in [0.29, 0.717) is 17.6 Å². The number of piperidine rings is 1. The second kappa shape index (κ2) is 10.3. The quantitative estimate of drug-likeness (QED) is 0.401. The van der Waals surface area contributed by atoms with Crippen molar-refractivity contribution in [2.24, 2.45) is 5.92 Å². The zero-order valence-corrected chi connectivity index (χ0v) is 17.9. The highest BCUT2D eigenvalue weighted by Crippen LogP contribution is 2.25. The monoisotopic (exact) mass is 433 g/mol. The van der Waals surface area contributed by atoms with E-state index < -0.39 is 4.92 Å². The molecule has 0 spiro atoms. The Morgan fingerprint density at radius 3 is 2.91 bits per heavy atom. The average molecular weight is 434 g/mol. The van der Waals surface area contributed by atoms with Crippen LogP contribution in [0.25, 0.3) is 11.3 Å². The highest BCUT2D eigenvalue weighted by Gasteiger charge is 2.19. The molecule has 1 atom stereocenters. The van der Waals surface area contributed by atoms with Crippen LogP contribution < -0.4 is 5.32 Å². The summed E-state index contributed by atoms with van der Waals surface area (Å²) in [5.74, 6) is 0.956. The number of nitrogens with one attached hydrogen (secondary N) is 1. The number of hydrogen-bond acceptors (Lipinski definition) is 7. The molecule has 2 N–H and O–H groups in total. The van der Waals surface area contributed by atoms with Gasteiger partial charge in [0.1, 0.15) is 0 Å². The van der Waals surface area contributed by atoms with E-state index >= 15 is 0 Å². The first-order valence-corrected chi connectivity index (χ1v) is 10.9. The maximum absolute atomic E-state index is 11.0. The predicted octanol–water partition coefficient (Wildman–Crippen LogP) is 4.39. The van der Waals surface area contributed by atoms with Gasteiger partial charge in [0, 0.05) is 49.3 Å². The minimum absolute atomic E-state index is 0.0118. The Bertz CT molecular complexity index is 1070. The average Bonchev–Trinajstić information content (AvgIpc) is 2.80. The van der Waals surface area contributed by atoms with Gasteiger partial charge in [0.25, 0.3) is 5.69 Å². The van der Waals surface area contributed by atoms with Crippen LogP contribution in [-0.2, 0) is 6.54 Å². The molecule has 3 aromatic rings. The number of rotatable bonds is 8. The van der Waals surface area contributed by atoms with E-state index in [0.717, 1.165) is 37.3 Å². The minimum atomic E-state index is -0.428. The number of aliphatic hydroxyl groups excluding tert-OH is 1. The van der Waals surface area contributed by atoms with Crippen molar-refractivity contribution in [3.63, 3.8) is 0 Å². The molecule has 1 fully saturated rings. The van der Waals surface area contributed by atoms with Gasteiger partial charge in [-0.05, 0) is 55.5 Å². The molecule has 1 aliphatic rings. The Kier molecular flexibility index (Phi) is 7.03. The van der Waals surface area contributed by atoms with Gasteiger partial charge in [-0.1, -0.05) is 24.3 Å². The number of nitrogens with zero attached hydrogens (tertiary/aromatic N) is 4. The van der Waals surface area contributed by atoms with Gasteiger partial charge >= 0.3 is 0 Å². The Hall–Kier alpha value is -3.36. The van der Waals surface area contributed by atoms with Gasteiger partial charge in [0.2, 0.25) is 5.95 Å². The summed E-state index contributed by atoms with van der Waals surface area (Å²) in [6.07, 6.45) is 4.91. The van der Waals surface area contributed by atoms with Gasteiger partial charge in [-0.3, -0.25) is 15.0 Å². The number of hydrogen-bond donors (Lipinski definition) is 2. The molecular formula is C24H27N5O3. The zero-order chi connectivity index (χ0) is 22.3. The van der Waals surface area contributed by atoms with E-state index in [1.165, 1.54) is 30.5 Å². The van der Waals surface area contributed by atoms with Crippen LogP contribution in [0, 0.1) is 16.0 Å². The summed E-state index contributed by atoms with van der Waals surface area (Å²) in [6.45, 7) is 3.24. The highest BCUT2D eigenvalue weighted by atomic mass is 16.6. The number of nitro groups is 1. The second-order valence-corrected chi connectivity index (χ2v) is 8.15. The van der Waals surface area contributed by atoms with Crippen molar-refractivity contribution in [1.29, 1.82) is 0 Å². The van der Waals surface area contributed by atoms with Crippen molar-refractivity contribution >= 4 is 17.3 Å². The van der Waals surface area contributed by atoms with Crippen LogP contribution in [0.1, 0.15) is 24.8 Å². The van der Waals surface area contributed by atoms with Crippen molar-refractivity contribution in [2.45, 2.75) is 25.8 Å². The molecule has 2 heterocycles. The van der Waals surface area contributed by atoms with Crippen LogP contribution in [0.4, 0.5) is 17.3 Å². The maximum atomic E-state index is 11.0. The normalized spacial score (nSPS) is 16.6. The van der Waals surface area contributed by atoms with Crippen LogP contribution in [-0.4, -0.2) is 44.6 Å². The summed E-state index contributed by atoms with van der Waals surface area (Å²) in [6, 6.07) is 16.5. The summed E-state index contributed by atoms with van der Waals surface area (Å²) in [5.41, 5.74) is 3.58. The lowest BCUT2D eigenvalue weighted by Crippen LogP contribution is -2.35. The van der Waals surface area contributed by atoms with Crippen LogP contribution >= 0.6 is 0 Å². The molecule has 1 saturated heterocycles. The molecule has 0 aliphatic carbocycles. The standard InChI is InChI=1S/C24H27N5O3/c30-13-10-18-5-3-12-28(16-18)17-19-4-1-6-20(14-19)23-9-11-25-24(27-23)26-21-7-2-8-22(15-21)29(31)32/h1-2,4,6-9,11,14-15,18,30H,3,5,10,12-13,16-17H2,(H,25,26,27). The highest BCUT2D eigenvalue weighted by molar-refractivity contribution is 5.63. The number of anilines is 2. The smallest absolute Gasteiger partial charge is 0.271 e. The molecule has 1 aliphatic heterocycles. The summed E-state index contributed by atoms with van der Waals surface area (Å²) in [4.78, 5) is 21.9. The number of likely N-dealkylation sites (tertiary alicyclic amines) is 1. The molecule has 8 nitrogen and oxygen atoms in total. The van der Waals surface area contributed by atoms with E-state index in [2.05, 4.69) is 32.3 Å². The van der Waals surface area contributed by atoms with Gasteiger partial charge in [-0.2, -0.15) is 0 Å². The van der Waals surface area contributed by atoms with Crippen molar-refractivity contribution in [1.82, 2.24) is 14.9 Å². The number of aliphatic hydroxyl groups is 1. The Morgan fingerprint density at radius 1 is 1.19 bits per heavy atom. The Labute approximate surface area is 187 Å². The van der Waals surface area contributed by atoms with Crippen molar-refractivity contribution < 1.29 is 10.0 Å². The van der Waals surface area contributed by atoms with E-state index in [9.17, 15) is 15.2 Å². The molecule has 8 heteroatoms. The van der Waals surface area contributed by atoms with Gasteiger partial charge < -0.3 is 10.4 Å². The van der Waals surface area contributed by atoms with Crippen molar-refractivity contribution in [3.05, 3.63) is 76.5 Å². The third kappa shape index (κ3) is 5.66. The fourth-order valence-electron chi connectivity index (χ4n) is 4.21. The molecule has 0 bridgehead atoms. The molecule has 1 aromatic heterocycles. The van der Waals surface area contributed by atoms with Gasteiger partial charge in [0.15, 0.2) is 0 Å². The van der Waals surface area contributed by atoms with Crippen LogP contribution in [0.5, 0.6) is 0 Å². The van der Waals surface area contributed by atoms with Crippen molar-refractivity contribution in [3.8, 4) is 11.3 Å². The summed E-state index contributed by atoms with van der Waals surface area (Å²) in [7, 11) is 0. The van der Waals surface area contributed by atoms with Gasteiger partial charge in [0.05, 0.1) is 10.6 Å². The van der Waals surface area contributed by atoms with E-state index in [1.807, 2.05) is 18.2 Å². The lowest BCUT2D eigenvalue weighted by atomic mass is 9.94.